The van der Waals surface area contributed by atoms with Crippen LogP contribution < -0.4 is 15.4 Å². The summed E-state index contributed by atoms with van der Waals surface area (Å²) in [6.45, 7) is 0. The van der Waals surface area contributed by atoms with Crippen molar-refractivity contribution < 1.29 is 26.4 Å². The average molecular weight is 618 g/mol. The number of anilines is 3. The van der Waals surface area contributed by atoms with Gasteiger partial charge in [-0.25, -0.2) is 8.42 Å². The summed E-state index contributed by atoms with van der Waals surface area (Å²) in [5.74, 6) is 1.81. The summed E-state index contributed by atoms with van der Waals surface area (Å²) in [5.41, 5.74) is 3.29. The van der Waals surface area contributed by atoms with E-state index in [1.54, 1.807) is 6.07 Å². The Morgan fingerprint density at radius 2 is 1.57 bits per heavy atom. The number of carbonyl (C=O) groups excluding carboxylic acids is 1. The molecule has 0 radical (unpaired) electrons. The van der Waals surface area contributed by atoms with E-state index in [-0.39, 0.29) is 22.5 Å². The third kappa shape index (κ3) is 5.21. The first kappa shape index (κ1) is 28.5. The lowest BCUT2D eigenvalue weighted by Crippen LogP contribution is -2.35. The van der Waals surface area contributed by atoms with Gasteiger partial charge in [-0.05, 0) is 115 Å². The highest BCUT2D eigenvalue weighted by molar-refractivity contribution is 7.92. The highest BCUT2D eigenvalue weighted by Crippen LogP contribution is 2.63. The molecule has 10 heteroatoms. The Kier molecular flexibility index (Phi) is 6.92. The van der Waals surface area contributed by atoms with Gasteiger partial charge in [0.15, 0.2) is 0 Å². The van der Waals surface area contributed by atoms with Crippen molar-refractivity contribution in [2.45, 2.75) is 42.3 Å². The number of halogens is 3. The minimum atomic E-state index is -4.60. The molecular formula is C34H30F3N3O3S. The third-order valence-electron chi connectivity index (χ3n) is 9.37. The fourth-order valence-corrected chi connectivity index (χ4v) is 8.56. The molecule has 44 heavy (non-hydrogen) atoms. The Morgan fingerprint density at radius 3 is 2.32 bits per heavy atom. The maximum Gasteiger partial charge on any atom is 0.416 e. The van der Waals surface area contributed by atoms with Crippen molar-refractivity contribution in [1.82, 2.24) is 0 Å². The summed E-state index contributed by atoms with van der Waals surface area (Å²) in [6.07, 6.45) is -0.929. The summed E-state index contributed by atoms with van der Waals surface area (Å²) in [5, 5.41) is 6.63. The average Bonchev–Trinajstić information content (AvgIpc) is 3.64. The third-order valence-corrected chi connectivity index (χ3v) is 10.8. The number of amides is 1. The van der Waals surface area contributed by atoms with Gasteiger partial charge in [-0.3, -0.25) is 9.52 Å². The van der Waals surface area contributed by atoms with Crippen LogP contribution >= 0.6 is 0 Å². The maximum atomic E-state index is 13.3. The van der Waals surface area contributed by atoms with Crippen molar-refractivity contribution in [2.24, 2.45) is 17.8 Å². The van der Waals surface area contributed by atoms with Gasteiger partial charge >= 0.3 is 6.18 Å². The number of fused-ring (bicyclic) bond motifs is 7. The fraction of sp³-hybridized carbons (Fsp3) is 0.265. The molecular weight excluding hydrogens is 587 g/mol. The Morgan fingerprint density at radius 1 is 0.818 bits per heavy atom. The van der Waals surface area contributed by atoms with E-state index in [1.807, 2.05) is 18.2 Å². The van der Waals surface area contributed by atoms with Gasteiger partial charge in [0.25, 0.3) is 15.9 Å². The molecule has 3 aliphatic rings. The molecule has 7 rings (SSSR count). The number of alkyl halides is 3. The van der Waals surface area contributed by atoms with Crippen LogP contribution in [0.1, 0.15) is 58.3 Å². The predicted octanol–water partition coefficient (Wildman–Crippen LogP) is 8.06. The van der Waals surface area contributed by atoms with E-state index < -0.39 is 21.8 Å². The molecule has 0 aromatic heterocycles. The second kappa shape index (κ2) is 10.7. The molecule has 6 nitrogen and oxygen atoms in total. The Balaban J connectivity index is 1.08. The normalized spacial score (nSPS) is 23.8. The number of carbonyl (C=O) groups is 1. The second-order valence-electron chi connectivity index (χ2n) is 11.9. The van der Waals surface area contributed by atoms with Crippen molar-refractivity contribution in [3.63, 3.8) is 0 Å². The first-order valence-corrected chi connectivity index (χ1v) is 16.1. The maximum absolute atomic E-state index is 13.3. The van der Waals surface area contributed by atoms with Crippen molar-refractivity contribution in [2.75, 3.05) is 15.4 Å². The lowest BCUT2D eigenvalue weighted by Gasteiger charge is -2.43. The largest absolute Gasteiger partial charge is 0.416 e. The zero-order chi connectivity index (χ0) is 30.6. The molecule has 2 saturated carbocycles. The van der Waals surface area contributed by atoms with Gasteiger partial charge in [0.1, 0.15) is 0 Å². The number of rotatable bonds is 6. The Labute approximate surface area is 253 Å². The molecule has 226 valence electrons. The van der Waals surface area contributed by atoms with Gasteiger partial charge in [-0.1, -0.05) is 36.4 Å². The second-order valence-corrected chi connectivity index (χ2v) is 13.6. The van der Waals surface area contributed by atoms with Gasteiger partial charge in [0, 0.05) is 22.6 Å². The van der Waals surface area contributed by atoms with Gasteiger partial charge in [-0.2, -0.15) is 13.2 Å². The van der Waals surface area contributed by atoms with Crippen molar-refractivity contribution >= 4 is 33.0 Å². The fourth-order valence-electron chi connectivity index (χ4n) is 7.51. The predicted molar refractivity (Wildman–Crippen MR) is 163 cm³/mol. The monoisotopic (exact) mass is 617 g/mol. The summed E-state index contributed by atoms with van der Waals surface area (Å²) >= 11 is 0. The molecule has 5 atom stereocenters. The summed E-state index contributed by atoms with van der Waals surface area (Å²) in [7, 11) is -4.16. The van der Waals surface area contributed by atoms with Crippen molar-refractivity contribution in [3.05, 3.63) is 119 Å². The van der Waals surface area contributed by atoms with Gasteiger partial charge in [0.05, 0.1) is 16.5 Å². The highest BCUT2D eigenvalue weighted by atomic mass is 32.2. The number of hydrogen-bond donors (Lipinski definition) is 3. The molecule has 2 bridgehead atoms. The minimum absolute atomic E-state index is 0.150. The van der Waals surface area contributed by atoms with Crippen LogP contribution in [-0.4, -0.2) is 14.3 Å². The van der Waals surface area contributed by atoms with E-state index in [4.69, 9.17) is 0 Å². The van der Waals surface area contributed by atoms with Crippen LogP contribution in [0.25, 0.3) is 0 Å². The standard InChI is InChI=1S/C34H30F3N3O3S/c35-34(36,37)24-7-4-8-26(19-24)40-44(42,43)27-14-12-25(13-15-27)38-33(41)23-11-16-29-28(18-23)30-21-9-10-22(17-21)31(30)32(39-29)20-5-2-1-3-6-20/h1-8,11-16,18-19,21-22,30-32,39-40H,9-10,17H2,(H,38,41)/t21-,22-,30-,31-,32-/m0/s1. The lowest BCUT2D eigenvalue weighted by atomic mass is 9.68. The quantitative estimate of drug-likeness (QED) is 0.204. The Hall–Kier alpha value is -4.31. The topological polar surface area (TPSA) is 87.3 Å². The SMILES string of the molecule is O=C(Nc1ccc(S(=O)(=O)Nc2cccc(C(F)(F)F)c2)cc1)c1ccc2c(c1)[C@@H]1[C@H]3CC[C@@H](C3)[C@@H]1[C@H](c1ccccc1)N2. The lowest BCUT2D eigenvalue weighted by molar-refractivity contribution is -0.137. The zero-order valence-electron chi connectivity index (χ0n) is 23.5. The van der Waals surface area contributed by atoms with Crippen LogP contribution in [0.5, 0.6) is 0 Å². The molecule has 2 aliphatic carbocycles. The first-order valence-electron chi connectivity index (χ1n) is 14.6. The van der Waals surface area contributed by atoms with E-state index in [2.05, 4.69) is 39.6 Å². The zero-order valence-corrected chi connectivity index (χ0v) is 24.3. The van der Waals surface area contributed by atoms with Gasteiger partial charge in [-0.15, -0.1) is 0 Å². The van der Waals surface area contributed by atoms with Crippen LogP contribution in [0, 0.1) is 17.8 Å². The molecule has 0 spiro atoms. The summed E-state index contributed by atoms with van der Waals surface area (Å²) < 4.78 is 66.9. The van der Waals surface area contributed by atoms with E-state index in [0.29, 0.717) is 34.9 Å². The van der Waals surface area contributed by atoms with E-state index in [9.17, 15) is 26.4 Å². The molecule has 1 amide bonds. The number of nitrogens with one attached hydrogen (secondary N) is 3. The van der Waals surface area contributed by atoms with Crippen LogP contribution in [0.4, 0.5) is 30.2 Å². The number of hydrogen-bond acceptors (Lipinski definition) is 4. The smallest absolute Gasteiger partial charge is 0.378 e. The van der Waals surface area contributed by atoms with Crippen LogP contribution in [0.3, 0.4) is 0 Å². The summed E-state index contributed by atoms with van der Waals surface area (Å²) in [4.78, 5) is 13.2. The summed E-state index contributed by atoms with van der Waals surface area (Å²) in [6, 6.07) is 26.1. The molecule has 2 fully saturated rings. The molecule has 3 N–H and O–H groups in total. The molecule has 1 heterocycles. The molecule has 0 unspecified atom stereocenters. The van der Waals surface area contributed by atoms with E-state index in [1.165, 1.54) is 60.7 Å². The molecule has 4 aromatic carbocycles. The number of sulfonamides is 1. The van der Waals surface area contributed by atoms with Crippen LogP contribution in [0.15, 0.2) is 102 Å². The first-order chi connectivity index (χ1) is 21.1. The minimum Gasteiger partial charge on any atom is -0.378 e. The van der Waals surface area contributed by atoms with Crippen LogP contribution in [0.2, 0.25) is 0 Å². The number of benzene rings is 4. The van der Waals surface area contributed by atoms with E-state index >= 15 is 0 Å². The van der Waals surface area contributed by atoms with E-state index in [0.717, 1.165) is 23.9 Å². The highest BCUT2D eigenvalue weighted by Gasteiger charge is 2.53. The van der Waals surface area contributed by atoms with Gasteiger partial charge < -0.3 is 10.6 Å². The molecule has 1 aliphatic heterocycles. The molecule has 0 saturated heterocycles. The van der Waals surface area contributed by atoms with Crippen molar-refractivity contribution in [1.29, 1.82) is 0 Å². The Bertz CT molecular complexity index is 1830. The molecule has 4 aromatic rings. The van der Waals surface area contributed by atoms with Gasteiger partial charge in [0.2, 0.25) is 0 Å². The van der Waals surface area contributed by atoms with Crippen molar-refractivity contribution in [3.8, 4) is 0 Å². The van der Waals surface area contributed by atoms with Crippen LogP contribution in [-0.2, 0) is 16.2 Å².